The van der Waals surface area contributed by atoms with Gasteiger partial charge in [-0.3, -0.25) is 0 Å². The lowest BCUT2D eigenvalue weighted by atomic mass is 10.00. The summed E-state index contributed by atoms with van der Waals surface area (Å²) in [4.78, 5) is 0. The summed E-state index contributed by atoms with van der Waals surface area (Å²) >= 11 is 0. The third-order valence-corrected chi connectivity index (χ3v) is 4.87. The lowest BCUT2D eigenvalue weighted by molar-refractivity contribution is 0.561. The second kappa shape index (κ2) is 3.94. The first-order valence-electron chi connectivity index (χ1n) is 4.78. The van der Waals surface area contributed by atoms with Crippen molar-refractivity contribution in [3.63, 3.8) is 0 Å². The van der Waals surface area contributed by atoms with Gasteiger partial charge in [-0.25, -0.2) is 8.42 Å². The van der Waals surface area contributed by atoms with Crippen LogP contribution in [0.4, 0.5) is 0 Å². The Morgan fingerprint density at radius 1 is 1.33 bits per heavy atom. The summed E-state index contributed by atoms with van der Waals surface area (Å²) in [5.74, 6) is 0. The molecular formula is C11H17NO2S. The average Bonchev–Trinajstić information content (AvgIpc) is 2.16. The summed E-state index contributed by atoms with van der Waals surface area (Å²) in [5.41, 5.74) is 7.26. The van der Waals surface area contributed by atoms with E-state index in [0.717, 1.165) is 11.1 Å². The molecule has 0 aliphatic carbocycles. The maximum absolute atomic E-state index is 11.6. The zero-order chi connectivity index (χ0) is 11.7. The van der Waals surface area contributed by atoms with Crippen LogP contribution in [-0.4, -0.2) is 14.7 Å². The van der Waals surface area contributed by atoms with E-state index >= 15 is 0 Å². The molecule has 1 aromatic rings. The summed E-state index contributed by atoms with van der Waals surface area (Å²) in [5, 5.41) is 0. The highest BCUT2D eigenvalue weighted by atomic mass is 32.2. The van der Waals surface area contributed by atoms with Gasteiger partial charge in [0.25, 0.3) is 0 Å². The van der Waals surface area contributed by atoms with Gasteiger partial charge in [0.1, 0.15) is 0 Å². The smallest absolute Gasteiger partial charge is 0.156 e. The minimum absolute atomic E-state index is 0.424. The van der Waals surface area contributed by atoms with Crippen molar-refractivity contribution in [1.29, 1.82) is 0 Å². The van der Waals surface area contributed by atoms with E-state index in [1.807, 2.05) is 24.3 Å². The van der Waals surface area contributed by atoms with Crippen molar-refractivity contribution >= 4 is 9.84 Å². The minimum Gasteiger partial charge on any atom is -0.326 e. The minimum atomic E-state index is -3.12. The Kier molecular flexibility index (Phi) is 3.21. The van der Waals surface area contributed by atoms with Crippen molar-refractivity contribution in [3.05, 3.63) is 35.4 Å². The molecule has 4 heteroatoms. The molecule has 1 rings (SSSR count). The van der Waals surface area contributed by atoms with Crippen LogP contribution in [0.1, 0.15) is 25.0 Å². The first-order chi connectivity index (χ1) is 6.79. The van der Waals surface area contributed by atoms with Gasteiger partial charge in [0.15, 0.2) is 9.84 Å². The molecule has 15 heavy (non-hydrogen) atoms. The fourth-order valence-electron chi connectivity index (χ4n) is 1.29. The predicted octanol–water partition coefficient (Wildman–Crippen LogP) is 1.43. The van der Waals surface area contributed by atoms with Gasteiger partial charge in [-0.05, 0) is 25.0 Å². The van der Waals surface area contributed by atoms with E-state index in [2.05, 4.69) is 0 Å². The van der Waals surface area contributed by atoms with Gasteiger partial charge in [0.05, 0.1) is 4.75 Å². The van der Waals surface area contributed by atoms with Crippen LogP contribution in [0.15, 0.2) is 24.3 Å². The van der Waals surface area contributed by atoms with Gasteiger partial charge in [-0.15, -0.1) is 0 Å². The first-order valence-corrected chi connectivity index (χ1v) is 6.67. The van der Waals surface area contributed by atoms with Crippen LogP contribution in [0.2, 0.25) is 0 Å². The molecule has 0 bridgehead atoms. The van der Waals surface area contributed by atoms with Crippen LogP contribution in [0.3, 0.4) is 0 Å². The number of benzene rings is 1. The maximum atomic E-state index is 11.6. The molecular weight excluding hydrogens is 210 g/mol. The lowest BCUT2D eigenvalue weighted by Gasteiger charge is -2.23. The number of hydrogen-bond donors (Lipinski definition) is 1. The Bertz CT molecular complexity index is 449. The Hall–Kier alpha value is -0.870. The summed E-state index contributed by atoms with van der Waals surface area (Å²) in [6.07, 6.45) is 1.25. The van der Waals surface area contributed by atoms with Crippen LogP contribution in [0.5, 0.6) is 0 Å². The third kappa shape index (κ3) is 2.38. The number of sulfone groups is 1. The standard InChI is InChI=1S/C11H17NO2S/c1-11(2,15(3,13)14)10-6-4-5-9(7-10)8-12/h4-7H,8,12H2,1-3H3. The molecule has 0 atom stereocenters. The third-order valence-electron chi connectivity index (χ3n) is 2.78. The molecule has 0 saturated carbocycles. The van der Waals surface area contributed by atoms with E-state index in [0.29, 0.717) is 6.54 Å². The largest absolute Gasteiger partial charge is 0.326 e. The first kappa shape index (κ1) is 12.2. The highest BCUT2D eigenvalue weighted by Gasteiger charge is 2.32. The van der Waals surface area contributed by atoms with Crippen molar-refractivity contribution in [2.75, 3.05) is 6.26 Å². The molecule has 0 amide bonds. The zero-order valence-electron chi connectivity index (χ0n) is 9.32. The Morgan fingerprint density at radius 3 is 2.40 bits per heavy atom. The number of hydrogen-bond acceptors (Lipinski definition) is 3. The summed E-state index contributed by atoms with van der Waals surface area (Å²) in [6.45, 7) is 3.84. The predicted molar refractivity (Wildman–Crippen MR) is 62.2 cm³/mol. The van der Waals surface area contributed by atoms with Crippen LogP contribution >= 0.6 is 0 Å². The van der Waals surface area contributed by atoms with Crippen LogP contribution in [0, 0.1) is 0 Å². The quantitative estimate of drug-likeness (QED) is 0.849. The molecule has 84 valence electrons. The van der Waals surface area contributed by atoms with E-state index in [1.165, 1.54) is 6.26 Å². The second-order valence-electron chi connectivity index (χ2n) is 4.19. The fourth-order valence-corrected chi connectivity index (χ4v) is 1.84. The molecule has 0 aliphatic heterocycles. The van der Waals surface area contributed by atoms with Crippen molar-refractivity contribution in [2.24, 2.45) is 5.73 Å². The van der Waals surface area contributed by atoms with Crippen molar-refractivity contribution in [1.82, 2.24) is 0 Å². The van der Waals surface area contributed by atoms with Gasteiger partial charge in [0, 0.05) is 12.8 Å². The normalized spacial score (nSPS) is 12.8. The molecule has 2 N–H and O–H groups in total. The van der Waals surface area contributed by atoms with E-state index < -0.39 is 14.6 Å². The summed E-state index contributed by atoms with van der Waals surface area (Å²) in [7, 11) is -3.12. The topological polar surface area (TPSA) is 60.2 Å². The molecule has 3 nitrogen and oxygen atoms in total. The Morgan fingerprint density at radius 2 is 1.93 bits per heavy atom. The number of nitrogens with two attached hydrogens (primary N) is 1. The Balaban J connectivity index is 3.27. The number of rotatable bonds is 3. The highest BCUT2D eigenvalue weighted by molar-refractivity contribution is 7.91. The van der Waals surface area contributed by atoms with Crippen molar-refractivity contribution in [3.8, 4) is 0 Å². The van der Waals surface area contributed by atoms with Gasteiger partial charge in [-0.1, -0.05) is 24.3 Å². The molecule has 0 saturated heterocycles. The van der Waals surface area contributed by atoms with Crippen LogP contribution in [0.25, 0.3) is 0 Å². The summed E-state index contributed by atoms with van der Waals surface area (Å²) < 4.78 is 22.4. The SMILES string of the molecule is CC(C)(c1cccc(CN)c1)S(C)(=O)=O. The lowest BCUT2D eigenvalue weighted by Crippen LogP contribution is -2.28. The molecule has 0 fully saturated rings. The molecule has 0 radical (unpaired) electrons. The van der Waals surface area contributed by atoms with Crippen molar-refractivity contribution in [2.45, 2.75) is 25.1 Å². The average molecular weight is 227 g/mol. The molecule has 0 spiro atoms. The second-order valence-corrected chi connectivity index (χ2v) is 6.75. The Labute approximate surface area is 91.2 Å². The van der Waals surface area contributed by atoms with E-state index in [-0.39, 0.29) is 0 Å². The molecule has 0 aromatic heterocycles. The van der Waals surface area contributed by atoms with Gasteiger partial charge < -0.3 is 5.73 Å². The molecule has 0 aliphatic rings. The monoisotopic (exact) mass is 227 g/mol. The van der Waals surface area contributed by atoms with Crippen LogP contribution in [-0.2, 0) is 21.1 Å². The summed E-state index contributed by atoms with van der Waals surface area (Å²) in [6, 6.07) is 7.40. The van der Waals surface area contributed by atoms with E-state index in [9.17, 15) is 8.42 Å². The van der Waals surface area contributed by atoms with E-state index in [4.69, 9.17) is 5.73 Å². The van der Waals surface area contributed by atoms with Gasteiger partial charge >= 0.3 is 0 Å². The zero-order valence-corrected chi connectivity index (χ0v) is 10.1. The van der Waals surface area contributed by atoms with Gasteiger partial charge in [-0.2, -0.15) is 0 Å². The molecule has 0 heterocycles. The molecule has 0 unspecified atom stereocenters. The van der Waals surface area contributed by atoms with E-state index in [1.54, 1.807) is 13.8 Å². The molecule has 1 aromatic carbocycles. The van der Waals surface area contributed by atoms with Crippen LogP contribution < -0.4 is 5.73 Å². The van der Waals surface area contributed by atoms with Gasteiger partial charge in [0.2, 0.25) is 0 Å². The highest BCUT2D eigenvalue weighted by Crippen LogP contribution is 2.29. The maximum Gasteiger partial charge on any atom is 0.156 e. The van der Waals surface area contributed by atoms with Crippen molar-refractivity contribution < 1.29 is 8.42 Å². The fraction of sp³-hybridized carbons (Fsp3) is 0.455.